The molecule has 2 fully saturated rings. The normalized spacial score (nSPS) is 26.0. The average Bonchev–Trinajstić information content (AvgIpc) is 3.06. The molecule has 3 heterocycles. The zero-order valence-corrected chi connectivity index (χ0v) is 16.6. The number of benzene rings is 1. The summed E-state index contributed by atoms with van der Waals surface area (Å²) in [5.41, 5.74) is 1.43. The second kappa shape index (κ2) is 8.41. The summed E-state index contributed by atoms with van der Waals surface area (Å²) < 4.78 is 5.49. The van der Waals surface area contributed by atoms with Gasteiger partial charge in [-0.3, -0.25) is 14.7 Å². The fraction of sp³-hybridized carbons (Fsp3) is 0.478. The topological polar surface area (TPSA) is 45.7 Å². The van der Waals surface area contributed by atoms with Crippen LogP contribution in [-0.4, -0.2) is 66.6 Å². The van der Waals surface area contributed by atoms with E-state index < -0.39 is 5.41 Å². The molecule has 2 aromatic rings. The number of rotatable bonds is 6. The van der Waals surface area contributed by atoms with Gasteiger partial charge in [0.05, 0.1) is 13.2 Å². The summed E-state index contributed by atoms with van der Waals surface area (Å²) in [7, 11) is 0. The first-order valence-electron chi connectivity index (χ1n) is 10.3. The Morgan fingerprint density at radius 2 is 1.86 bits per heavy atom. The van der Waals surface area contributed by atoms with Gasteiger partial charge in [0.25, 0.3) is 0 Å². The molecule has 4 rings (SSSR count). The molecule has 0 radical (unpaired) electrons. The van der Waals surface area contributed by atoms with Gasteiger partial charge in [-0.05, 0) is 37.1 Å². The molecule has 5 nitrogen and oxygen atoms in total. The fourth-order valence-electron chi connectivity index (χ4n) is 4.84. The van der Waals surface area contributed by atoms with Gasteiger partial charge in [-0.25, -0.2) is 0 Å². The number of hydrogen-bond acceptors (Lipinski definition) is 4. The van der Waals surface area contributed by atoms with Crippen LogP contribution in [0.15, 0.2) is 54.9 Å². The quantitative estimate of drug-likeness (QED) is 0.774. The van der Waals surface area contributed by atoms with E-state index in [4.69, 9.17) is 4.74 Å². The monoisotopic (exact) mass is 379 g/mol. The lowest BCUT2D eigenvalue weighted by Crippen LogP contribution is -2.44. The maximum Gasteiger partial charge on any atom is 0.238 e. The maximum atomic E-state index is 13.8. The van der Waals surface area contributed by atoms with Crippen LogP contribution < -0.4 is 0 Å². The van der Waals surface area contributed by atoms with E-state index in [1.54, 1.807) is 6.20 Å². The summed E-state index contributed by atoms with van der Waals surface area (Å²) >= 11 is 0. The highest BCUT2D eigenvalue weighted by Crippen LogP contribution is 2.47. The predicted octanol–water partition coefficient (Wildman–Crippen LogP) is 2.57. The number of carbonyl (C=O) groups is 1. The summed E-state index contributed by atoms with van der Waals surface area (Å²) in [6, 6.07) is 14.3. The van der Waals surface area contributed by atoms with E-state index in [2.05, 4.69) is 35.0 Å². The van der Waals surface area contributed by atoms with Crippen LogP contribution in [0.1, 0.15) is 24.5 Å². The molecule has 0 bridgehead atoms. The molecular weight excluding hydrogens is 350 g/mol. The van der Waals surface area contributed by atoms with Gasteiger partial charge >= 0.3 is 0 Å². The number of carbonyl (C=O) groups excluding carboxylic acids is 1. The molecule has 2 aliphatic rings. The Hall–Kier alpha value is -2.24. The van der Waals surface area contributed by atoms with Crippen molar-refractivity contribution in [2.24, 2.45) is 5.92 Å². The Bertz CT molecular complexity index is 735. The minimum atomic E-state index is -0.655. The van der Waals surface area contributed by atoms with E-state index in [1.807, 2.05) is 35.4 Å². The molecule has 0 unspecified atom stereocenters. The second-order valence-electron chi connectivity index (χ2n) is 7.70. The molecule has 0 saturated carbocycles. The zero-order chi connectivity index (χ0) is 19.4. The molecule has 0 spiro atoms. The number of amides is 1. The first-order chi connectivity index (χ1) is 13.8. The highest BCUT2D eigenvalue weighted by Gasteiger charge is 2.55. The molecule has 28 heavy (non-hydrogen) atoms. The standard InChI is InChI=1S/C23H29N3O2/c1-2-26-18-21(10-12-25-13-15-28-16-14-25)23(22(26)27,19-7-4-3-5-8-19)20-9-6-11-24-17-20/h3-9,11,17,21H,2,10,12-16,18H2,1H3/t21-,23+/m1/s1. The molecule has 1 amide bonds. The highest BCUT2D eigenvalue weighted by molar-refractivity contribution is 5.94. The lowest BCUT2D eigenvalue weighted by Gasteiger charge is -2.35. The summed E-state index contributed by atoms with van der Waals surface area (Å²) in [5.74, 6) is 0.426. The maximum absolute atomic E-state index is 13.8. The average molecular weight is 380 g/mol. The van der Waals surface area contributed by atoms with Crippen molar-refractivity contribution in [2.45, 2.75) is 18.8 Å². The second-order valence-corrected chi connectivity index (χ2v) is 7.70. The van der Waals surface area contributed by atoms with Crippen molar-refractivity contribution >= 4 is 5.91 Å². The molecular formula is C23H29N3O2. The first kappa shape index (κ1) is 19.1. The number of pyridine rings is 1. The van der Waals surface area contributed by atoms with Crippen molar-refractivity contribution in [1.82, 2.24) is 14.8 Å². The first-order valence-corrected chi connectivity index (χ1v) is 10.3. The van der Waals surface area contributed by atoms with Crippen LogP contribution in [0.25, 0.3) is 0 Å². The van der Waals surface area contributed by atoms with E-state index in [0.717, 1.165) is 63.5 Å². The van der Waals surface area contributed by atoms with Gasteiger partial charge < -0.3 is 9.64 Å². The number of hydrogen-bond donors (Lipinski definition) is 0. The Labute approximate surface area is 167 Å². The van der Waals surface area contributed by atoms with E-state index in [0.29, 0.717) is 0 Å². The third-order valence-corrected chi connectivity index (χ3v) is 6.30. The van der Waals surface area contributed by atoms with Crippen LogP contribution in [0.3, 0.4) is 0 Å². The third kappa shape index (κ3) is 3.33. The van der Waals surface area contributed by atoms with Crippen LogP contribution in [0.4, 0.5) is 0 Å². The van der Waals surface area contributed by atoms with Crippen molar-refractivity contribution in [3.8, 4) is 0 Å². The molecule has 0 aliphatic carbocycles. The van der Waals surface area contributed by atoms with Crippen LogP contribution >= 0.6 is 0 Å². The largest absolute Gasteiger partial charge is 0.379 e. The van der Waals surface area contributed by atoms with Crippen LogP contribution in [0.5, 0.6) is 0 Å². The van der Waals surface area contributed by atoms with Crippen molar-refractivity contribution in [2.75, 3.05) is 45.9 Å². The SMILES string of the molecule is CCN1C[C@@H](CCN2CCOCC2)[C@](c2ccccc2)(c2cccnc2)C1=O. The van der Waals surface area contributed by atoms with Crippen molar-refractivity contribution < 1.29 is 9.53 Å². The number of morpholine rings is 1. The van der Waals surface area contributed by atoms with E-state index in [-0.39, 0.29) is 11.8 Å². The lowest BCUT2D eigenvalue weighted by atomic mass is 9.66. The van der Waals surface area contributed by atoms with Gasteiger partial charge in [0.1, 0.15) is 5.41 Å². The van der Waals surface area contributed by atoms with E-state index in [9.17, 15) is 4.79 Å². The van der Waals surface area contributed by atoms with E-state index in [1.165, 1.54) is 0 Å². The van der Waals surface area contributed by atoms with E-state index >= 15 is 0 Å². The molecule has 1 aromatic carbocycles. The zero-order valence-electron chi connectivity index (χ0n) is 16.6. The summed E-state index contributed by atoms with van der Waals surface area (Å²) in [6.07, 6.45) is 4.64. The number of likely N-dealkylation sites (tertiary alicyclic amines) is 1. The van der Waals surface area contributed by atoms with Crippen LogP contribution in [0, 0.1) is 5.92 Å². The number of ether oxygens (including phenoxy) is 1. The summed E-state index contributed by atoms with van der Waals surface area (Å²) in [5, 5.41) is 0. The predicted molar refractivity (Wildman–Crippen MR) is 109 cm³/mol. The Morgan fingerprint density at radius 1 is 1.11 bits per heavy atom. The Kier molecular flexibility index (Phi) is 5.74. The Balaban J connectivity index is 1.74. The minimum Gasteiger partial charge on any atom is -0.379 e. The number of aromatic nitrogens is 1. The van der Waals surface area contributed by atoms with Gasteiger partial charge in [-0.1, -0.05) is 36.4 Å². The summed E-state index contributed by atoms with van der Waals surface area (Å²) in [6.45, 7) is 8.15. The van der Waals surface area contributed by atoms with Crippen LogP contribution in [-0.2, 0) is 14.9 Å². The van der Waals surface area contributed by atoms with Crippen molar-refractivity contribution in [3.63, 3.8) is 0 Å². The minimum absolute atomic E-state index is 0.209. The van der Waals surface area contributed by atoms with Crippen molar-refractivity contribution in [3.05, 3.63) is 66.0 Å². The molecule has 0 N–H and O–H groups in total. The smallest absolute Gasteiger partial charge is 0.238 e. The molecule has 1 aromatic heterocycles. The highest BCUT2D eigenvalue weighted by atomic mass is 16.5. The fourth-order valence-corrected chi connectivity index (χ4v) is 4.84. The van der Waals surface area contributed by atoms with Crippen molar-refractivity contribution in [1.29, 1.82) is 0 Å². The molecule has 2 atom stereocenters. The van der Waals surface area contributed by atoms with Gasteiger partial charge in [-0.2, -0.15) is 0 Å². The van der Waals surface area contributed by atoms with Gasteiger partial charge in [0.2, 0.25) is 5.91 Å². The summed E-state index contributed by atoms with van der Waals surface area (Å²) in [4.78, 5) is 22.6. The number of nitrogens with zero attached hydrogens (tertiary/aromatic N) is 3. The van der Waals surface area contributed by atoms with Gasteiger partial charge in [0.15, 0.2) is 0 Å². The molecule has 148 valence electrons. The molecule has 2 aliphatic heterocycles. The van der Waals surface area contributed by atoms with Gasteiger partial charge in [0, 0.05) is 44.5 Å². The molecule has 5 heteroatoms. The van der Waals surface area contributed by atoms with Gasteiger partial charge in [-0.15, -0.1) is 0 Å². The molecule has 2 saturated heterocycles. The van der Waals surface area contributed by atoms with Crippen LogP contribution in [0.2, 0.25) is 0 Å². The third-order valence-electron chi connectivity index (χ3n) is 6.30. The number of likely N-dealkylation sites (N-methyl/N-ethyl adjacent to an activating group) is 1. The Morgan fingerprint density at radius 3 is 2.54 bits per heavy atom. The lowest BCUT2D eigenvalue weighted by molar-refractivity contribution is -0.131.